The lowest BCUT2D eigenvalue weighted by Gasteiger charge is -2.30. The number of nitrogens with two attached hydrogens (primary N) is 1. The summed E-state index contributed by atoms with van der Waals surface area (Å²) in [6, 6.07) is 9.28. The number of nitrogens with zero attached hydrogens (tertiary/aromatic N) is 2. The summed E-state index contributed by atoms with van der Waals surface area (Å²) in [5.41, 5.74) is 4.80. The van der Waals surface area contributed by atoms with Gasteiger partial charge in [-0.05, 0) is 24.3 Å². The van der Waals surface area contributed by atoms with Crippen LogP contribution in [0.1, 0.15) is 10.4 Å². The van der Waals surface area contributed by atoms with Crippen molar-refractivity contribution in [1.82, 2.24) is 9.29 Å². The third kappa shape index (κ3) is 4.37. The zero-order valence-corrected chi connectivity index (χ0v) is 15.4. The molecule has 0 fully saturated rings. The average molecular weight is 392 g/mol. The molecule has 2 heterocycles. The molecule has 1 aromatic carbocycles. The Labute approximate surface area is 156 Å². The van der Waals surface area contributed by atoms with E-state index in [1.54, 1.807) is 24.3 Å². The molecule has 1 amide bonds. The van der Waals surface area contributed by atoms with E-state index in [-0.39, 0.29) is 22.9 Å². The first-order valence-electron chi connectivity index (χ1n) is 7.98. The van der Waals surface area contributed by atoms with Crippen LogP contribution >= 0.6 is 0 Å². The zero-order chi connectivity index (χ0) is 20.0. The molecule has 0 saturated heterocycles. The molecule has 1 aliphatic heterocycles. The van der Waals surface area contributed by atoms with Crippen molar-refractivity contribution in [1.29, 1.82) is 0 Å². The van der Waals surface area contributed by atoms with Crippen molar-refractivity contribution >= 4 is 27.5 Å². The second kappa shape index (κ2) is 8.82. The second-order valence-electron chi connectivity index (χ2n) is 5.50. The standard InChI is InChI=1S/C15H13N3O4S.C2H7NO/c1-18-13(15(20)17-12-8-4-5-9-16-12)14(19)10-6-2-3-7-11(10)23(18,21)22;3-1-2-4/h2-9,13H,1H3,(H,16,17,20);4H,1-3H2. The molecule has 1 aromatic heterocycles. The molecule has 1 atom stereocenters. The number of hydrogen-bond donors (Lipinski definition) is 3. The maximum absolute atomic E-state index is 12.6. The summed E-state index contributed by atoms with van der Waals surface area (Å²) in [5, 5.41) is 10.2. The Morgan fingerprint density at radius 1 is 1.26 bits per heavy atom. The molecule has 1 unspecified atom stereocenters. The second-order valence-corrected chi connectivity index (χ2v) is 7.47. The molecule has 0 saturated carbocycles. The minimum absolute atomic E-state index is 0.0202. The molecule has 2 aromatic rings. The van der Waals surface area contributed by atoms with Crippen molar-refractivity contribution in [2.24, 2.45) is 5.73 Å². The Morgan fingerprint density at radius 3 is 2.48 bits per heavy atom. The van der Waals surface area contributed by atoms with Gasteiger partial charge in [0.2, 0.25) is 10.0 Å². The van der Waals surface area contributed by atoms with Gasteiger partial charge in [0.05, 0.1) is 11.5 Å². The minimum Gasteiger partial charge on any atom is -0.395 e. The monoisotopic (exact) mass is 392 g/mol. The van der Waals surface area contributed by atoms with Crippen molar-refractivity contribution < 1.29 is 23.1 Å². The number of sulfonamides is 1. The van der Waals surface area contributed by atoms with E-state index in [2.05, 4.69) is 10.3 Å². The van der Waals surface area contributed by atoms with Gasteiger partial charge in [0.1, 0.15) is 5.82 Å². The van der Waals surface area contributed by atoms with Crippen molar-refractivity contribution in [2.45, 2.75) is 10.9 Å². The number of carbonyl (C=O) groups is 2. The van der Waals surface area contributed by atoms with E-state index in [4.69, 9.17) is 10.8 Å². The number of benzene rings is 1. The maximum atomic E-state index is 12.6. The lowest BCUT2D eigenvalue weighted by molar-refractivity contribution is -0.118. The molecule has 3 rings (SSSR count). The SMILES string of the molecule is CN1C(C(=O)Nc2ccccn2)C(=O)c2ccccc2S1(=O)=O.NCCO. The number of nitrogens with one attached hydrogen (secondary N) is 1. The first kappa shape index (κ1) is 20.6. The quantitative estimate of drug-likeness (QED) is 0.616. The third-order valence-corrected chi connectivity index (χ3v) is 5.60. The van der Waals surface area contributed by atoms with E-state index in [0.717, 1.165) is 4.31 Å². The van der Waals surface area contributed by atoms with Crippen LogP contribution < -0.4 is 11.1 Å². The number of ketones is 1. The topological polar surface area (TPSA) is 143 Å². The summed E-state index contributed by atoms with van der Waals surface area (Å²) < 4.78 is 25.8. The highest BCUT2D eigenvalue weighted by atomic mass is 32.2. The summed E-state index contributed by atoms with van der Waals surface area (Å²) in [4.78, 5) is 28.8. The van der Waals surface area contributed by atoms with Crippen LogP contribution in [0.15, 0.2) is 53.6 Å². The van der Waals surface area contributed by atoms with Crippen LogP contribution in [0.2, 0.25) is 0 Å². The number of aliphatic hydroxyl groups is 1. The van der Waals surface area contributed by atoms with Crippen LogP contribution in [0.25, 0.3) is 0 Å². The van der Waals surface area contributed by atoms with Crippen LogP contribution in [-0.4, -0.2) is 60.7 Å². The number of anilines is 1. The molecule has 9 nitrogen and oxygen atoms in total. The predicted molar refractivity (Wildman–Crippen MR) is 98.5 cm³/mol. The molecule has 27 heavy (non-hydrogen) atoms. The first-order chi connectivity index (χ1) is 12.8. The van der Waals surface area contributed by atoms with Crippen LogP contribution in [0.3, 0.4) is 0 Å². The smallest absolute Gasteiger partial charge is 0.251 e. The van der Waals surface area contributed by atoms with Crippen LogP contribution in [-0.2, 0) is 14.8 Å². The van der Waals surface area contributed by atoms with E-state index in [0.29, 0.717) is 6.54 Å². The zero-order valence-electron chi connectivity index (χ0n) is 14.6. The lowest BCUT2D eigenvalue weighted by Crippen LogP contribution is -2.53. The molecule has 10 heteroatoms. The summed E-state index contributed by atoms with van der Waals surface area (Å²) in [7, 11) is -2.69. The fraction of sp³-hybridized carbons (Fsp3) is 0.235. The fourth-order valence-electron chi connectivity index (χ4n) is 2.42. The van der Waals surface area contributed by atoms with Gasteiger partial charge in [0.15, 0.2) is 11.8 Å². The van der Waals surface area contributed by atoms with Gasteiger partial charge in [-0.1, -0.05) is 18.2 Å². The van der Waals surface area contributed by atoms with Crippen LogP contribution in [0, 0.1) is 0 Å². The number of rotatable bonds is 3. The number of hydrogen-bond acceptors (Lipinski definition) is 7. The van der Waals surface area contributed by atoms with Gasteiger partial charge in [-0.3, -0.25) is 9.59 Å². The van der Waals surface area contributed by atoms with Crippen molar-refractivity contribution in [3.05, 3.63) is 54.2 Å². The molecule has 0 bridgehead atoms. The van der Waals surface area contributed by atoms with Crippen LogP contribution in [0.4, 0.5) is 5.82 Å². The Kier molecular flexibility index (Phi) is 6.75. The van der Waals surface area contributed by atoms with E-state index >= 15 is 0 Å². The van der Waals surface area contributed by atoms with Gasteiger partial charge in [-0.25, -0.2) is 13.4 Å². The van der Waals surface area contributed by atoms with E-state index < -0.39 is 27.8 Å². The normalized spacial score (nSPS) is 18.0. The molecule has 4 N–H and O–H groups in total. The van der Waals surface area contributed by atoms with Gasteiger partial charge in [-0.15, -0.1) is 0 Å². The van der Waals surface area contributed by atoms with Gasteiger partial charge < -0.3 is 16.2 Å². The van der Waals surface area contributed by atoms with Gasteiger partial charge in [0.25, 0.3) is 5.91 Å². The third-order valence-electron chi connectivity index (χ3n) is 3.72. The largest absolute Gasteiger partial charge is 0.395 e. The maximum Gasteiger partial charge on any atom is 0.251 e. The molecule has 144 valence electrons. The molecule has 0 radical (unpaired) electrons. The summed E-state index contributed by atoms with van der Waals surface area (Å²) in [6.07, 6.45) is 1.48. The number of fused-ring (bicyclic) bond motifs is 1. The van der Waals surface area contributed by atoms with Gasteiger partial charge in [-0.2, -0.15) is 4.31 Å². The highest BCUT2D eigenvalue weighted by molar-refractivity contribution is 7.89. The van der Waals surface area contributed by atoms with Crippen molar-refractivity contribution in [2.75, 3.05) is 25.5 Å². The number of pyridine rings is 1. The Bertz CT molecular complexity index is 916. The molecule has 0 aliphatic carbocycles. The van der Waals surface area contributed by atoms with Gasteiger partial charge >= 0.3 is 0 Å². The van der Waals surface area contributed by atoms with Gasteiger partial charge in [0, 0.05) is 25.4 Å². The summed E-state index contributed by atoms with van der Waals surface area (Å²) in [6.45, 7) is 0.472. The van der Waals surface area contributed by atoms with E-state index in [9.17, 15) is 18.0 Å². The number of aromatic nitrogens is 1. The summed E-state index contributed by atoms with van der Waals surface area (Å²) >= 11 is 0. The van der Waals surface area contributed by atoms with Crippen molar-refractivity contribution in [3.8, 4) is 0 Å². The molecular formula is C17H20N4O5S. The lowest BCUT2D eigenvalue weighted by atomic mass is 10.0. The number of aliphatic hydroxyl groups excluding tert-OH is 1. The average Bonchev–Trinajstić information content (AvgIpc) is 2.68. The minimum atomic E-state index is -3.91. The molecular weight excluding hydrogens is 372 g/mol. The Morgan fingerprint density at radius 2 is 1.89 bits per heavy atom. The highest BCUT2D eigenvalue weighted by Crippen LogP contribution is 2.29. The first-order valence-corrected chi connectivity index (χ1v) is 9.42. The summed E-state index contributed by atoms with van der Waals surface area (Å²) in [5.74, 6) is -1.06. The number of carbonyl (C=O) groups excluding carboxylic acids is 2. The fourth-order valence-corrected chi connectivity index (χ4v) is 3.89. The number of amides is 1. The highest BCUT2D eigenvalue weighted by Gasteiger charge is 2.45. The van der Waals surface area contributed by atoms with E-state index in [1.807, 2.05) is 0 Å². The number of likely N-dealkylation sites (N-methyl/N-ethyl adjacent to an activating group) is 1. The Hall–Kier alpha value is -2.66. The predicted octanol–water partition coefficient (Wildman–Crippen LogP) is -0.157. The molecule has 0 spiro atoms. The Balaban J connectivity index is 0.000000596. The van der Waals surface area contributed by atoms with E-state index in [1.165, 1.54) is 31.4 Å². The molecule has 1 aliphatic rings. The number of Topliss-reactive ketones (excluding diaryl/α,β-unsaturated/α-hetero) is 1. The van der Waals surface area contributed by atoms with Crippen molar-refractivity contribution in [3.63, 3.8) is 0 Å². The van der Waals surface area contributed by atoms with Crippen LogP contribution in [0.5, 0.6) is 0 Å².